The number of ether oxygens (including phenoxy) is 3. The van der Waals surface area contributed by atoms with E-state index in [1.54, 1.807) is 24.3 Å². The van der Waals surface area contributed by atoms with E-state index in [1.807, 2.05) is 19.9 Å². The van der Waals surface area contributed by atoms with Crippen molar-refractivity contribution in [1.82, 2.24) is 0 Å². The van der Waals surface area contributed by atoms with Crippen LogP contribution in [0.2, 0.25) is 0 Å². The normalized spacial score (nSPS) is 10.6. The van der Waals surface area contributed by atoms with Gasteiger partial charge in [-0.25, -0.2) is 0 Å². The van der Waals surface area contributed by atoms with Crippen LogP contribution >= 0.6 is 0 Å². The van der Waals surface area contributed by atoms with Crippen LogP contribution in [0.25, 0.3) is 6.08 Å². The third-order valence-corrected chi connectivity index (χ3v) is 2.97. The van der Waals surface area contributed by atoms with E-state index in [-0.39, 0.29) is 18.5 Å². The topological polar surface area (TPSA) is 61.8 Å². The largest absolute Gasteiger partial charge is 0.493 e. The molecule has 5 heteroatoms. The van der Waals surface area contributed by atoms with Crippen LogP contribution < -0.4 is 9.47 Å². The van der Waals surface area contributed by atoms with E-state index >= 15 is 0 Å². The zero-order valence-corrected chi connectivity index (χ0v) is 14.0. The lowest BCUT2D eigenvalue weighted by Crippen LogP contribution is -2.07. The van der Waals surface area contributed by atoms with Crippen LogP contribution in [0.4, 0.5) is 0 Å². The van der Waals surface area contributed by atoms with Gasteiger partial charge in [0, 0.05) is 12.8 Å². The molecule has 1 rings (SSSR count). The van der Waals surface area contributed by atoms with Crippen molar-refractivity contribution in [3.63, 3.8) is 0 Å². The maximum absolute atomic E-state index is 11.6. The second kappa shape index (κ2) is 10.4. The van der Waals surface area contributed by atoms with E-state index in [9.17, 15) is 9.59 Å². The molecule has 0 saturated heterocycles. The van der Waals surface area contributed by atoms with Gasteiger partial charge in [0.2, 0.25) is 0 Å². The summed E-state index contributed by atoms with van der Waals surface area (Å²) >= 11 is 0. The third kappa shape index (κ3) is 7.00. The molecule has 0 bridgehead atoms. The van der Waals surface area contributed by atoms with Crippen molar-refractivity contribution in [1.29, 1.82) is 0 Å². The molecule has 23 heavy (non-hydrogen) atoms. The quantitative estimate of drug-likeness (QED) is 0.512. The maximum atomic E-state index is 11.6. The van der Waals surface area contributed by atoms with Gasteiger partial charge in [-0.2, -0.15) is 0 Å². The molecule has 0 spiro atoms. The number of hydrogen-bond acceptors (Lipinski definition) is 5. The van der Waals surface area contributed by atoms with Crippen molar-refractivity contribution in [2.75, 3.05) is 13.7 Å². The second-order valence-electron chi connectivity index (χ2n) is 4.97. The Morgan fingerprint density at radius 1 is 1.04 bits per heavy atom. The van der Waals surface area contributed by atoms with Gasteiger partial charge < -0.3 is 14.2 Å². The maximum Gasteiger partial charge on any atom is 0.311 e. The van der Waals surface area contributed by atoms with E-state index in [2.05, 4.69) is 0 Å². The summed E-state index contributed by atoms with van der Waals surface area (Å²) in [6, 6.07) is 5.26. The molecular formula is C18H24O5. The predicted molar refractivity (Wildman–Crippen MR) is 88.4 cm³/mol. The average molecular weight is 320 g/mol. The number of carbonyl (C=O) groups excluding carboxylic acids is 2. The summed E-state index contributed by atoms with van der Waals surface area (Å²) in [5.74, 6) is 0.405. The first-order valence-electron chi connectivity index (χ1n) is 7.81. The summed E-state index contributed by atoms with van der Waals surface area (Å²) in [5.41, 5.74) is 0.865. The molecule has 126 valence electrons. The molecule has 0 N–H and O–H groups in total. The minimum Gasteiger partial charge on any atom is -0.493 e. The fourth-order valence-corrected chi connectivity index (χ4v) is 1.85. The van der Waals surface area contributed by atoms with Crippen molar-refractivity contribution < 1.29 is 23.8 Å². The first-order chi connectivity index (χ1) is 11.1. The van der Waals surface area contributed by atoms with Gasteiger partial charge in [0.05, 0.1) is 7.11 Å². The Balaban J connectivity index is 2.64. The SMILES string of the molecule is CCCC(=O)OC/C=C/c1ccc(OC(=O)CCC)c(OC)c1. The van der Waals surface area contributed by atoms with Gasteiger partial charge in [-0.3, -0.25) is 9.59 Å². The molecule has 1 aromatic carbocycles. The number of benzene rings is 1. The zero-order chi connectivity index (χ0) is 17.1. The van der Waals surface area contributed by atoms with Crippen molar-refractivity contribution in [2.45, 2.75) is 39.5 Å². The molecule has 0 heterocycles. The van der Waals surface area contributed by atoms with Gasteiger partial charge in [0.25, 0.3) is 0 Å². The summed E-state index contributed by atoms with van der Waals surface area (Å²) in [4.78, 5) is 22.8. The van der Waals surface area contributed by atoms with Crippen LogP contribution in [0, 0.1) is 0 Å². The second-order valence-corrected chi connectivity index (χ2v) is 4.97. The van der Waals surface area contributed by atoms with E-state index in [0.717, 1.165) is 18.4 Å². The highest BCUT2D eigenvalue weighted by Crippen LogP contribution is 2.29. The highest BCUT2D eigenvalue weighted by molar-refractivity contribution is 5.73. The summed E-state index contributed by atoms with van der Waals surface area (Å²) < 4.78 is 15.5. The first-order valence-corrected chi connectivity index (χ1v) is 7.81. The lowest BCUT2D eigenvalue weighted by Gasteiger charge is -2.09. The standard InChI is InChI=1S/C18H24O5/c1-4-7-17(19)22-12-6-9-14-10-11-15(16(13-14)21-3)23-18(20)8-5-2/h6,9-11,13H,4-5,7-8,12H2,1-3H3/b9-6+. The van der Waals surface area contributed by atoms with E-state index in [4.69, 9.17) is 14.2 Å². The number of hydrogen-bond donors (Lipinski definition) is 0. The number of rotatable bonds is 9. The van der Waals surface area contributed by atoms with Crippen molar-refractivity contribution >= 4 is 18.0 Å². The molecule has 0 fully saturated rings. The minimum absolute atomic E-state index is 0.201. The van der Waals surface area contributed by atoms with Gasteiger partial charge in [-0.1, -0.05) is 26.0 Å². The third-order valence-electron chi connectivity index (χ3n) is 2.97. The Kier molecular flexibility index (Phi) is 8.50. The summed E-state index contributed by atoms with van der Waals surface area (Å²) in [5, 5.41) is 0. The Morgan fingerprint density at radius 3 is 2.39 bits per heavy atom. The van der Waals surface area contributed by atoms with Crippen LogP contribution in [0.5, 0.6) is 11.5 Å². The highest BCUT2D eigenvalue weighted by atomic mass is 16.6. The van der Waals surface area contributed by atoms with Crippen LogP contribution in [0.1, 0.15) is 45.1 Å². The summed E-state index contributed by atoms with van der Waals surface area (Å²) in [6.07, 6.45) is 5.88. The molecular weight excluding hydrogens is 296 g/mol. The van der Waals surface area contributed by atoms with E-state index < -0.39 is 0 Å². The molecule has 0 aliphatic carbocycles. The van der Waals surface area contributed by atoms with Gasteiger partial charge in [-0.15, -0.1) is 0 Å². The molecule has 1 aromatic rings. The lowest BCUT2D eigenvalue weighted by molar-refractivity contribution is -0.142. The minimum atomic E-state index is -0.281. The summed E-state index contributed by atoms with van der Waals surface area (Å²) in [6.45, 7) is 4.08. The molecule has 0 aliphatic heterocycles. The van der Waals surface area contributed by atoms with Crippen molar-refractivity contribution in [3.05, 3.63) is 29.8 Å². The molecule has 0 aromatic heterocycles. The average Bonchev–Trinajstić information content (AvgIpc) is 2.53. The predicted octanol–water partition coefficient (Wildman–Crippen LogP) is 3.76. The first kappa shape index (κ1) is 18.7. The van der Waals surface area contributed by atoms with Crippen LogP contribution in [-0.2, 0) is 14.3 Å². The Morgan fingerprint density at radius 2 is 1.74 bits per heavy atom. The molecule has 0 unspecified atom stereocenters. The van der Waals surface area contributed by atoms with Gasteiger partial charge >= 0.3 is 11.9 Å². The smallest absolute Gasteiger partial charge is 0.311 e. The Hall–Kier alpha value is -2.30. The van der Waals surface area contributed by atoms with Crippen molar-refractivity contribution in [2.24, 2.45) is 0 Å². The molecule has 0 radical (unpaired) electrons. The lowest BCUT2D eigenvalue weighted by atomic mass is 10.2. The molecule has 0 atom stereocenters. The Bertz CT molecular complexity index is 548. The number of carbonyl (C=O) groups is 2. The van der Waals surface area contributed by atoms with Gasteiger partial charge in [-0.05, 0) is 36.6 Å². The highest BCUT2D eigenvalue weighted by Gasteiger charge is 2.09. The Labute approximate surface area is 137 Å². The zero-order valence-electron chi connectivity index (χ0n) is 14.0. The number of methoxy groups -OCH3 is 1. The molecule has 5 nitrogen and oxygen atoms in total. The monoisotopic (exact) mass is 320 g/mol. The van der Waals surface area contributed by atoms with Crippen LogP contribution in [0.3, 0.4) is 0 Å². The van der Waals surface area contributed by atoms with Gasteiger partial charge in [0.15, 0.2) is 11.5 Å². The fraction of sp³-hybridized carbons (Fsp3) is 0.444. The molecule has 0 saturated carbocycles. The van der Waals surface area contributed by atoms with Crippen molar-refractivity contribution in [3.8, 4) is 11.5 Å². The molecule has 0 aliphatic rings. The van der Waals surface area contributed by atoms with Gasteiger partial charge in [0.1, 0.15) is 6.61 Å². The van der Waals surface area contributed by atoms with E-state index in [1.165, 1.54) is 7.11 Å². The fourth-order valence-electron chi connectivity index (χ4n) is 1.85. The molecule has 0 amide bonds. The van der Waals surface area contributed by atoms with Crippen LogP contribution in [-0.4, -0.2) is 25.7 Å². The number of esters is 2. The summed E-state index contributed by atoms with van der Waals surface area (Å²) in [7, 11) is 1.52. The van der Waals surface area contributed by atoms with Crippen LogP contribution in [0.15, 0.2) is 24.3 Å². The van der Waals surface area contributed by atoms with E-state index in [0.29, 0.717) is 24.3 Å².